The highest BCUT2D eigenvalue weighted by molar-refractivity contribution is 7.07. The van der Waals surface area contributed by atoms with E-state index in [9.17, 15) is 14.4 Å². The molecule has 0 bridgehead atoms. The normalized spacial score (nSPS) is 24.5. The first kappa shape index (κ1) is 16.5. The third-order valence-electron chi connectivity index (χ3n) is 5.57. The van der Waals surface area contributed by atoms with Crippen LogP contribution in [0.3, 0.4) is 0 Å². The second kappa shape index (κ2) is 6.42. The van der Waals surface area contributed by atoms with Crippen molar-refractivity contribution in [3.63, 3.8) is 0 Å². The Kier molecular flexibility index (Phi) is 4.24. The summed E-state index contributed by atoms with van der Waals surface area (Å²) in [7, 11) is 0. The minimum absolute atomic E-state index is 0.0312. The van der Waals surface area contributed by atoms with Gasteiger partial charge in [-0.25, -0.2) is 4.79 Å². The average molecular weight is 362 g/mol. The molecular formula is C17H22N4O3S. The topological polar surface area (TPSA) is 81.8 Å². The monoisotopic (exact) mass is 362 g/mol. The summed E-state index contributed by atoms with van der Waals surface area (Å²) >= 11 is 1.62. The Morgan fingerprint density at radius 2 is 2.16 bits per heavy atom. The van der Waals surface area contributed by atoms with E-state index in [2.05, 4.69) is 16.0 Å². The van der Waals surface area contributed by atoms with E-state index >= 15 is 0 Å². The smallest absolute Gasteiger partial charge is 0.325 e. The summed E-state index contributed by atoms with van der Waals surface area (Å²) in [5.41, 5.74) is 1.36. The van der Waals surface area contributed by atoms with Crippen molar-refractivity contribution < 1.29 is 14.4 Å². The number of thiophene rings is 1. The number of urea groups is 1. The number of nitrogens with zero attached hydrogens (tertiary/aromatic N) is 2. The fraction of sp³-hybridized carbons (Fsp3) is 0.588. The summed E-state index contributed by atoms with van der Waals surface area (Å²) in [5.74, 6) is -0.417. The zero-order chi connectivity index (χ0) is 17.4. The number of rotatable bonds is 5. The van der Waals surface area contributed by atoms with Crippen LogP contribution in [0.4, 0.5) is 4.79 Å². The fourth-order valence-electron chi connectivity index (χ4n) is 4.05. The van der Waals surface area contributed by atoms with Gasteiger partial charge in [0, 0.05) is 12.6 Å². The Morgan fingerprint density at radius 1 is 1.36 bits per heavy atom. The minimum atomic E-state index is -0.471. The van der Waals surface area contributed by atoms with Gasteiger partial charge in [-0.1, -0.05) is 0 Å². The summed E-state index contributed by atoms with van der Waals surface area (Å²) in [5, 5.41) is 9.68. The van der Waals surface area contributed by atoms with Crippen LogP contribution in [0.15, 0.2) is 16.8 Å². The van der Waals surface area contributed by atoms with Crippen LogP contribution in [0.25, 0.3) is 0 Å². The van der Waals surface area contributed by atoms with Crippen LogP contribution in [0.2, 0.25) is 0 Å². The predicted molar refractivity (Wildman–Crippen MR) is 92.9 cm³/mol. The molecule has 1 saturated carbocycles. The van der Waals surface area contributed by atoms with Gasteiger partial charge in [-0.15, -0.1) is 0 Å². The summed E-state index contributed by atoms with van der Waals surface area (Å²) in [6.07, 6.45) is 3.22. The molecule has 2 saturated heterocycles. The van der Waals surface area contributed by atoms with Crippen molar-refractivity contribution in [3.8, 4) is 0 Å². The van der Waals surface area contributed by atoms with Gasteiger partial charge in [0.2, 0.25) is 11.8 Å². The van der Waals surface area contributed by atoms with Crippen molar-refractivity contribution in [2.24, 2.45) is 5.41 Å². The molecule has 25 heavy (non-hydrogen) atoms. The predicted octanol–water partition coefficient (Wildman–Crippen LogP) is 0.771. The lowest BCUT2D eigenvalue weighted by atomic mass is 9.93. The van der Waals surface area contributed by atoms with Gasteiger partial charge in [-0.3, -0.25) is 14.9 Å². The summed E-state index contributed by atoms with van der Waals surface area (Å²) in [6, 6.07) is 1.80. The first-order valence-corrected chi connectivity index (χ1v) is 9.62. The number of carbonyl (C=O) groups is 3. The Bertz CT molecular complexity index is 684. The standard InChI is InChI=1S/C17H22N4O3S/c22-14-9-20(16(24)19-14)10-15(23)21(8-12-1-6-25-11-12)13-7-17(13)2-4-18-5-3-17/h1,6,11,13,18H,2-5,7-10H2,(H,19,22,24). The van der Waals surface area contributed by atoms with Crippen LogP contribution in [0, 0.1) is 5.41 Å². The van der Waals surface area contributed by atoms with Crippen LogP contribution in [0.1, 0.15) is 24.8 Å². The van der Waals surface area contributed by atoms with Gasteiger partial charge in [0.25, 0.3) is 0 Å². The molecule has 1 unspecified atom stereocenters. The molecule has 1 spiro atoms. The largest absolute Gasteiger partial charge is 0.333 e. The summed E-state index contributed by atoms with van der Waals surface area (Å²) in [6.45, 7) is 2.51. The van der Waals surface area contributed by atoms with Crippen molar-refractivity contribution in [3.05, 3.63) is 22.4 Å². The molecule has 0 radical (unpaired) electrons. The van der Waals surface area contributed by atoms with E-state index in [0.717, 1.165) is 37.9 Å². The van der Waals surface area contributed by atoms with E-state index in [4.69, 9.17) is 0 Å². The number of carbonyl (C=O) groups excluding carboxylic acids is 3. The average Bonchev–Trinajstić information content (AvgIpc) is 2.94. The third kappa shape index (κ3) is 3.28. The Hall–Kier alpha value is -1.93. The summed E-state index contributed by atoms with van der Waals surface area (Å²) in [4.78, 5) is 39.3. The number of piperidine rings is 1. The van der Waals surface area contributed by atoms with E-state index in [1.807, 2.05) is 16.3 Å². The molecule has 1 aromatic heterocycles. The van der Waals surface area contributed by atoms with Crippen molar-refractivity contribution in [2.45, 2.75) is 31.8 Å². The van der Waals surface area contributed by atoms with Crippen molar-refractivity contribution in [1.82, 2.24) is 20.4 Å². The first-order chi connectivity index (χ1) is 12.1. The Labute approximate surface area is 150 Å². The molecule has 8 heteroatoms. The molecule has 1 aliphatic carbocycles. The Morgan fingerprint density at radius 3 is 2.80 bits per heavy atom. The molecule has 3 aliphatic rings. The lowest BCUT2D eigenvalue weighted by molar-refractivity contribution is -0.133. The molecule has 0 aromatic carbocycles. The quantitative estimate of drug-likeness (QED) is 0.758. The first-order valence-electron chi connectivity index (χ1n) is 8.67. The van der Waals surface area contributed by atoms with Gasteiger partial charge >= 0.3 is 6.03 Å². The van der Waals surface area contributed by atoms with E-state index in [0.29, 0.717) is 6.54 Å². The van der Waals surface area contributed by atoms with Gasteiger partial charge in [0.05, 0.1) is 0 Å². The molecular weight excluding hydrogens is 340 g/mol. The van der Waals surface area contributed by atoms with Crippen LogP contribution in [-0.2, 0) is 16.1 Å². The van der Waals surface area contributed by atoms with Crippen LogP contribution in [-0.4, -0.2) is 59.9 Å². The highest BCUT2D eigenvalue weighted by atomic mass is 32.1. The molecule has 1 aromatic rings. The molecule has 4 rings (SSSR count). The maximum atomic E-state index is 13.0. The molecule has 2 N–H and O–H groups in total. The van der Waals surface area contributed by atoms with E-state index in [-0.39, 0.29) is 36.4 Å². The van der Waals surface area contributed by atoms with Crippen LogP contribution >= 0.6 is 11.3 Å². The maximum Gasteiger partial charge on any atom is 0.325 e. The lowest BCUT2D eigenvalue weighted by Gasteiger charge is -2.30. The molecule has 4 amide bonds. The molecule has 2 aliphatic heterocycles. The zero-order valence-corrected chi connectivity index (χ0v) is 14.8. The van der Waals surface area contributed by atoms with Gasteiger partial charge in [-0.2, -0.15) is 11.3 Å². The molecule has 1 atom stereocenters. The second-order valence-corrected chi connectivity index (χ2v) is 7.97. The third-order valence-corrected chi connectivity index (χ3v) is 6.30. The van der Waals surface area contributed by atoms with E-state index in [1.54, 1.807) is 11.3 Å². The van der Waals surface area contributed by atoms with Gasteiger partial charge in [0.1, 0.15) is 13.1 Å². The zero-order valence-electron chi connectivity index (χ0n) is 14.0. The number of nitrogens with one attached hydrogen (secondary N) is 2. The van der Waals surface area contributed by atoms with Crippen molar-refractivity contribution in [2.75, 3.05) is 26.2 Å². The van der Waals surface area contributed by atoms with Gasteiger partial charge < -0.3 is 15.1 Å². The second-order valence-electron chi connectivity index (χ2n) is 7.19. The number of amides is 4. The van der Waals surface area contributed by atoms with Crippen LogP contribution < -0.4 is 10.6 Å². The van der Waals surface area contributed by atoms with Gasteiger partial charge in [0.15, 0.2) is 0 Å². The van der Waals surface area contributed by atoms with E-state index in [1.165, 1.54) is 4.90 Å². The summed E-state index contributed by atoms with van der Waals surface area (Å²) < 4.78 is 0. The minimum Gasteiger partial charge on any atom is -0.333 e. The van der Waals surface area contributed by atoms with Crippen molar-refractivity contribution >= 4 is 29.2 Å². The molecule has 3 heterocycles. The number of hydrogen-bond donors (Lipinski definition) is 2. The van der Waals surface area contributed by atoms with Crippen LogP contribution in [0.5, 0.6) is 0 Å². The van der Waals surface area contributed by atoms with Gasteiger partial charge in [-0.05, 0) is 60.2 Å². The highest BCUT2D eigenvalue weighted by Crippen LogP contribution is 2.56. The van der Waals surface area contributed by atoms with E-state index < -0.39 is 6.03 Å². The highest BCUT2D eigenvalue weighted by Gasteiger charge is 2.57. The Balaban J connectivity index is 1.48. The SMILES string of the molecule is O=C1CN(CC(=O)N(Cc2ccsc2)C2CC23CCNCC3)C(=O)N1. The van der Waals surface area contributed by atoms with Crippen molar-refractivity contribution in [1.29, 1.82) is 0 Å². The molecule has 134 valence electrons. The molecule has 3 fully saturated rings. The number of hydrogen-bond acceptors (Lipinski definition) is 5. The lowest BCUT2D eigenvalue weighted by Crippen LogP contribution is -2.44. The number of imide groups is 1. The fourth-order valence-corrected chi connectivity index (χ4v) is 4.71. The maximum absolute atomic E-state index is 13.0. The molecule has 7 nitrogen and oxygen atoms in total.